The van der Waals surface area contributed by atoms with Crippen molar-refractivity contribution in [2.45, 2.75) is 0 Å². The number of ether oxygens (including phenoxy) is 2. The monoisotopic (exact) mass is 343 g/mol. The molecule has 22 heavy (non-hydrogen) atoms. The van der Waals surface area contributed by atoms with Crippen LogP contribution < -0.4 is 20.1 Å². The molecule has 0 heterocycles. The lowest BCUT2D eigenvalue weighted by atomic mass is 10.2. The molecule has 0 aliphatic rings. The molecule has 8 heteroatoms. The fraction of sp³-hybridized carbons (Fsp3) is 0.286. The smallest absolute Gasteiger partial charge is 0.263 e. The van der Waals surface area contributed by atoms with Crippen LogP contribution in [0, 0.1) is 11.3 Å². The first-order valence-corrected chi connectivity index (χ1v) is 7.11. The van der Waals surface area contributed by atoms with Gasteiger partial charge < -0.3 is 20.1 Å². The molecule has 0 bridgehead atoms. The fourth-order valence-electron chi connectivity index (χ4n) is 1.53. The predicted octanol–water partition coefficient (Wildman–Crippen LogP) is 2.53. The molecule has 2 N–H and O–H groups in total. The van der Waals surface area contributed by atoms with E-state index in [4.69, 9.17) is 37.9 Å². The van der Waals surface area contributed by atoms with Crippen LogP contribution in [-0.4, -0.2) is 32.6 Å². The average Bonchev–Trinajstić information content (AvgIpc) is 2.53. The minimum atomic E-state index is -0.518. The average molecular weight is 344 g/mol. The van der Waals surface area contributed by atoms with Gasteiger partial charge in [-0.2, -0.15) is 5.26 Å². The van der Waals surface area contributed by atoms with Crippen LogP contribution in [-0.2, 0) is 4.79 Å². The van der Waals surface area contributed by atoms with E-state index in [0.29, 0.717) is 22.2 Å². The SMILES string of the molecule is COc1cc(N/C=C(/C#N)C(=O)NCCCl)c(OC)cc1Cl. The molecule has 0 aliphatic heterocycles. The highest BCUT2D eigenvalue weighted by atomic mass is 35.5. The summed E-state index contributed by atoms with van der Waals surface area (Å²) in [5.41, 5.74) is 0.405. The molecule has 0 radical (unpaired) electrons. The third-order valence-electron chi connectivity index (χ3n) is 2.59. The van der Waals surface area contributed by atoms with Crippen molar-refractivity contribution in [1.82, 2.24) is 5.32 Å². The summed E-state index contributed by atoms with van der Waals surface area (Å²) >= 11 is 11.5. The van der Waals surface area contributed by atoms with Crippen molar-refractivity contribution in [3.05, 3.63) is 28.9 Å². The van der Waals surface area contributed by atoms with Crippen molar-refractivity contribution in [3.63, 3.8) is 0 Å². The lowest BCUT2D eigenvalue weighted by Crippen LogP contribution is -2.26. The van der Waals surface area contributed by atoms with Crippen molar-refractivity contribution in [2.24, 2.45) is 0 Å². The minimum absolute atomic E-state index is 0.0962. The lowest BCUT2D eigenvalue weighted by Gasteiger charge is -2.12. The second-order valence-corrected chi connectivity index (χ2v) is 4.73. The normalized spacial score (nSPS) is 10.6. The van der Waals surface area contributed by atoms with Gasteiger partial charge in [0.1, 0.15) is 23.1 Å². The molecule has 1 aromatic carbocycles. The highest BCUT2D eigenvalue weighted by Crippen LogP contribution is 2.35. The van der Waals surface area contributed by atoms with Gasteiger partial charge in [0.2, 0.25) is 0 Å². The fourth-order valence-corrected chi connectivity index (χ4v) is 1.85. The summed E-state index contributed by atoms with van der Waals surface area (Å²) in [5.74, 6) is 0.625. The third-order valence-corrected chi connectivity index (χ3v) is 3.08. The van der Waals surface area contributed by atoms with Gasteiger partial charge in [-0.1, -0.05) is 11.6 Å². The van der Waals surface area contributed by atoms with E-state index >= 15 is 0 Å². The van der Waals surface area contributed by atoms with Gasteiger partial charge in [-0.15, -0.1) is 11.6 Å². The molecule has 6 nitrogen and oxygen atoms in total. The van der Waals surface area contributed by atoms with E-state index in [2.05, 4.69) is 10.6 Å². The summed E-state index contributed by atoms with van der Waals surface area (Å²) in [5, 5.41) is 14.7. The molecule has 118 valence electrons. The van der Waals surface area contributed by atoms with Crippen LogP contribution >= 0.6 is 23.2 Å². The Bertz CT molecular complexity index is 612. The van der Waals surface area contributed by atoms with E-state index in [1.54, 1.807) is 18.2 Å². The van der Waals surface area contributed by atoms with Crippen LogP contribution in [0.2, 0.25) is 5.02 Å². The van der Waals surface area contributed by atoms with Crippen LogP contribution in [0.25, 0.3) is 0 Å². The molecule has 0 unspecified atom stereocenters. The van der Waals surface area contributed by atoms with Crippen LogP contribution in [0.1, 0.15) is 0 Å². The molecular formula is C14H15Cl2N3O3. The van der Waals surface area contributed by atoms with Gasteiger partial charge in [0.25, 0.3) is 5.91 Å². The molecule has 0 saturated heterocycles. The van der Waals surface area contributed by atoms with Crippen molar-refractivity contribution in [3.8, 4) is 17.6 Å². The summed E-state index contributed by atoms with van der Waals surface area (Å²) in [6.07, 6.45) is 1.27. The number of nitrogens with zero attached hydrogens (tertiary/aromatic N) is 1. The highest BCUT2D eigenvalue weighted by Gasteiger charge is 2.11. The predicted molar refractivity (Wildman–Crippen MR) is 85.6 cm³/mol. The number of amides is 1. The van der Waals surface area contributed by atoms with Gasteiger partial charge in [-0.25, -0.2) is 0 Å². The second kappa shape index (κ2) is 9.03. The zero-order valence-corrected chi connectivity index (χ0v) is 13.6. The first-order chi connectivity index (χ1) is 10.6. The molecule has 1 rings (SSSR count). The van der Waals surface area contributed by atoms with E-state index in [1.165, 1.54) is 20.4 Å². The Kier molecular flexibility index (Phi) is 7.37. The summed E-state index contributed by atoms with van der Waals surface area (Å²) in [6.45, 7) is 0.275. The van der Waals surface area contributed by atoms with E-state index in [9.17, 15) is 4.79 Å². The molecule has 0 atom stereocenters. The van der Waals surface area contributed by atoms with Crippen molar-refractivity contribution in [1.29, 1.82) is 5.26 Å². The van der Waals surface area contributed by atoms with Gasteiger partial charge >= 0.3 is 0 Å². The number of nitrogens with one attached hydrogen (secondary N) is 2. The number of carbonyl (C=O) groups is 1. The van der Waals surface area contributed by atoms with Gasteiger partial charge in [-0.3, -0.25) is 4.79 Å². The number of benzene rings is 1. The van der Waals surface area contributed by atoms with Crippen molar-refractivity contribution >= 4 is 34.8 Å². The lowest BCUT2D eigenvalue weighted by molar-refractivity contribution is -0.117. The Hall–Kier alpha value is -2.10. The zero-order chi connectivity index (χ0) is 16.5. The number of hydrogen-bond acceptors (Lipinski definition) is 5. The molecular weight excluding hydrogens is 329 g/mol. The van der Waals surface area contributed by atoms with Crippen molar-refractivity contribution in [2.75, 3.05) is 32.0 Å². The molecule has 0 aromatic heterocycles. The third kappa shape index (κ3) is 4.72. The number of methoxy groups -OCH3 is 2. The first kappa shape index (κ1) is 18.0. The summed E-state index contributed by atoms with van der Waals surface area (Å²) in [6, 6.07) is 4.97. The maximum absolute atomic E-state index is 11.7. The van der Waals surface area contributed by atoms with E-state index in [0.717, 1.165) is 0 Å². The van der Waals surface area contributed by atoms with E-state index in [1.807, 2.05) is 0 Å². The molecule has 0 saturated carbocycles. The summed E-state index contributed by atoms with van der Waals surface area (Å²) in [4.78, 5) is 11.7. The maximum atomic E-state index is 11.7. The largest absolute Gasteiger partial charge is 0.495 e. The quantitative estimate of drug-likeness (QED) is 0.451. The van der Waals surface area contributed by atoms with Crippen LogP contribution in [0.5, 0.6) is 11.5 Å². The van der Waals surface area contributed by atoms with Gasteiger partial charge in [0.15, 0.2) is 0 Å². The molecule has 0 aliphatic carbocycles. The Labute approximate surface area is 138 Å². The zero-order valence-electron chi connectivity index (χ0n) is 12.1. The minimum Gasteiger partial charge on any atom is -0.495 e. The number of carbonyl (C=O) groups excluding carboxylic acids is 1. The van der Waals surface area contributed by atoms with Crippen molar-refractivity contribution < 1.29 is 14.3 Å². The molecule has 1 amide bonds. The van der Waals surface area contributed by atoms with E-state index in [-0.39, 0.29) is 18.0 Å². The summed E-state index contributed by atoms with van der Waals surface area (Å²) in [7, 11) is 2.96. The first-order valence-electron chi connectivity index (χ1n) is 6.19. The molecule has 0 spiro atoms. The number of nitriles is 1. The Morgan fingerprint density at radius 1 is 1.36 bits per heavy atom. The standard InChI is InChI=1S/C14H15Cl2N3O3/c1-21-12-6-11(13(22-2)5-10(12)16)19-8-9(7-17)14(20)18-4-3-15/h5-6,8,19H,3-4H2,1-2H3,(H,18,20)/b9-8-. The van der Waals surface area contributed by atoms with Gasteiger partial charge in [0.05, 0.1) is 24.9 Å². The molecule has 1 aromatic rings. The van der Waals surface area contributed by atoms with Gasteiger partial charge in [-0.05, 0) is 0 Å². The van der Waals surface area contributed by atoms with Crippen LogP contribution in [0.15, 0.2) is 23.9 Å². The van der Waals surface area contributed by atoms with Crippen LogP contribution in [0.4, 0.5) is 5.69 Å². The highest BCUT2D eigenvalue weighted by molar-refractivity contribution is 6.32. The number of alkyl halides is 1. The number of hydrogen-bond donors (Lipinski definition) is 2. The topological polar surface area (TPSA) is 83.4 Å². The van der Waals surface area contributed by atoms with E-state index < -0.39 is 5.91 Å². The Balaban J connectivity index is 3.00. The van der Waals surface area contributed by atoms with Gasteiger partial charge in [0, 0.05) is 30.8 Å². The number of halogens is 2. The number of rotatable bonds is 7. The number of anilines is 1. The molecule has 0 fully saturated rings. The van der Waals surface area contributed by atoms with Crippen LogP contribution in [0.3, 0.4) is 0 Å². The Morgan fingerprint density at radius 3 is 2.59 bits per heavy atom. The maximum Gasteiger partial charge on any atom is 0.263 e. The Morgan fingerprint density at radius 2 is 2.05 bits per heavy atom. The second-order valence-electron chi connectivity index (χ2n) is 3.95. The summed E-state index contributed by atoms with van der Waals surface area (Å²) < 4.78 is 10.3.